The Balaban J connectivity index is 2.76. The Kier molecular flexibility index (Phi) is 5.81. The van der Waals surface area contributed by atoms with Gasteiger partial charge in [0.1, 0.15) is 0 Å². The van der Waals surface area contributed by atoms with Crippen molar-refractivity contribution in [3.63, 3.8) is 0 Å². The first-order valence-electron chi connectivity index (χ1n) is 5.85. The van der Waals surface area contributed by atoms with E-state index in [0.717, 1.165) is 16.8 Å². The smallest absolute Gasteiger partial charge is 0.317 e. The van der Waals surface area contributed by atoms with Gasteiger partial charge in [-0.2, -0.15) is 0 Å². The highest BCUT2D eigenvalue weighted by Gasteiger charge is 2.06. The summed E-state index contributed by atoms with van der Waals surface area (Å²) in [5, 5.41) is 14.4. The first kappa shape index (κ1) is 15.0. The quantitative estimate of drug-likeness (QED) is 0.627. The van der Waals surface area contributed by atoms with Crippen LogP contribution in [0.3, 0.4) is 0 Å². The van der Waals surface area contributed by atoms with Crippen LogP contribution in [0.4, 0.5) is 5.69 Å². The van der Waals surface area contributed by atoms with E-state index in [1.165, 1.54) is 7.11 Å². The molecule has 0 aromatic heterocycles. The SMILES string of the molecule is CNc1cc(CNCC(=O)O)cc(CC(=O)OC)c1. The summed E-state index contributed by atoms with van der Waals surface area (Å²) in [6.45, 7) is 0.326. The van der Waals surface area contributed by atoms with Gasteiger partial charge in [0.05, 0.1) is 20.1 Å². The molecule has 0 fully saturated rings. The van der Waals surface area contributed by atoms with Crippen molar-refractivity contribution in [2.24, 2.45) is 0 Å². The predicted octanol–water partition coefficient (Wildman–Crippen LogP) is 0.618. The van der Waals surface area contributed by atoms with E-state index in [-0.39, 0.29) is 18.9 Å². The van der Waals surface area contributed by atoms with Crippen LogP contribution >= 0.6 is 0 Å². The van der Waals surface area contributed by atoms with Crippen molar-refractivity contribution >= 4 is 17.6 Å². The fourth-order valence-corrected chi connectivity index (χ4v) is 1.66. The van der Waals surface area contributed by atoms with Crippen molar-refractivity contribution in [3.05, 3.63) is 29.3 Å². The number of benzene rings is 1. The van der Waals surface area contributed by atoms with Crippen molar-refractivity contribution < 1.29 is 19.4 Å². The highest BCUT2D eigenvalue weighted by atomic mass is 16.5. The van der Waals surface area contributed by atoms with E-state index in [4.69, 9.17) is 5.11 Å². The van der Waals surface area contributed by atoms with E-state index >= 15 is 0 Å². The number of esters is 1. The molecule has 1 aromatic carbocycles. The maximum atomic E-state index is 11.3. The summed E-state index contributed by atoms with van der Waals surface area (Å²) in [4.78, 5) is 21.7. The highest BCUT2D eigenvalue weighted by molar-refractivity contribution is 5.73. The molecule has 1 rings (SSSR count). The number of carbonyl (C=O) groups excluding carboxylic acids is 1. The van der Waals surface area contributed by atoms with Gasteiger partial charge in [0.2, 0.25) is 0 Å². The van der Waals surface area contributed by atoms with Crippen LogP contribution in [0, 0.1) is 0 Å². The molecule has 3 N–H and O–H groups in total. The number of rotatable bonds is 7. The maximum absolute atomic E-state index is 11.3. The summed E-state index contributed by atoms with van der Waals surface area (Å²) in [7, 11) is 3.13. The molecule has 0 heterocycles. The molecule has 6 nitrogen and oxygen atoms in total. The zero-order valence-corrected chi connectivity index (χ0v) is 11.0. The number of carboxylic acids is 1. The van der Waals surface area contributed by atoms with Crippen LogP contribution in [0.5, 0.6) is 0 Å². The molecular formula is C13H18N2O4. The molecule has 104 valence electrons. The summed E-state index contributed by atoms with van der Waals surface area (Å²) < 4.78 is 4.63. The van der Waals surface area contributed by atoms with E-state index in [0.29, 0.717) is 6.54 Å². The average Bonchev–Trinajstić information content (AvgIpc) is 2.37. The molecule has 0 aliphatic rings. The fraction of sp³-hybridized carbons (Fsp3) is 0.385. The molecule has 0 saturated carbocycles. The molecule has 0 aliphatic heterocycles. The molecule has 0 aliphatic carbocycles. The second-order valence-corrected chi connectivity index (χ2v) is 4.04. The normalized spacial score (nSPS) is 10.0. The first-order valence-corrected chi connectivity index (χ1v) is 5.85. The van der Waals surface area contributed by atoms with Gasteiger partial charge >= 0.3 is 11.9 Å². The topological polar surface area (TPSA) is 87.7 Å². The van der Waals surface area contributed by atoms with Gasteiger partial charge in [-0.25, -0.2) is 0 Å². The van der Waals surface area contributed by atoms with Gasteiger partial charge in [0, 0.05) is 19.3 Å². The number of anilines is 1. The fourth-order valence-electron chi connectivity index (χ4n) is 1.66. The molecule has 0 unspecified atom stereocenters. The van der Waals surface area contributed by atoms with E-state index in [2.05, 4.69) is 15.4 Å². The van der Waals surface area contributed by atoms with Crippen LogP contribution < -0.4 is 10.6 Å². The minimum atomic E-state index is -0.903. The Morgan fingerprint density at radius 3 is 2.53 bits per heavy atom. The van der Waals surface area contributed by atoms with Gasteiger partial charge in [-0.3, -0.25) is 9.59 Å². The van der Waals surface area contributed by atoms with Crippen molar-refractivity contribution in [2.75, 3.05) is 26.0 Å². The molecule has 19 heavy (non-hydrogen) atoms. The summed E-state index contributed by atoms with van der Waals surface area (Å²) in [5.74, 6) is -1.21. The first-order chi connectivity index (χ1) is 9.05. The number of hydrogen-bond donors (Lipinski definition) is 3. The summed E-state index contributed by atoms with van der Waals surface area (Å²) in [6, 6.07) is 5.61. The highest BCUT2D eigenvalue weighted by Crippen LogP contribution is 2.15. The summed E-state index contributed by atoms with van der Waals surface area (Å²) in [5.41, 5.74) is 2.60. The second-order valence-electron chi connectivity index (χ2n) is 4.04. The monoisotopic (exact) mass is 266 g/mol. The zero-order chi connectivity index (χ0) is 14.3. The molecule has 0 spiro atoms. The van der Waals surface area contributed by atoms with Crippen LogP contribution in [0.2, 0.25) is 0 Å². The molecule has 0 amide bonds. The number of ether oxygens (including phenoxy) is 1. The number of methoxy groups -OCH3 is 1. The van der Waals surface area contributed by atoms with Crippen LogP contribution in [0.1, 0.15) is 11.1 Å². The Bertz CT molecular complexity index is 460. The van der Waals surface area contributed by atoms with E-state index in [1.807, 2.05) is 18.2 Å². The van der Waals surface area contributed by atoms with Crippen molar-refractivity contribution in [1.29, 1.82) is 0 Å². The van der Waals surface area contributed by atoms with Gasteiger partial charge in [0.25, 0.3) is 0 Å². The number of aliphatic carboxylic acids is 1. The molecule has 1 aromatic rings. The van der Waals surface area contributed by atoms with Crippen LogP contribution in [-0.4, -0.2) is 37.7 Å². The van der Waals surface area contributed by atoms with Gasteiger partial charge < -0.3 is 20.5 Å². The van der Waals surface area contributed by atoms with Crippen LogP contribution in [0.25, 0.3) is 0 Å². The lowest BCUT2D eigenvalue weighted by molar-refractivity contribution is -0.140. The largest absolute Gasteiger partial charge is 0.480 e. The van der Waals surface area contributed by atoms with Crippen molar-refractivity contribution in [3.8, 4) is 0 Å². The lowest BCUT2D eigenvalue weighted by Gasteiger charge is -2.09. The van der Waals surface area contributed by atoms with Crippen LogP contribution in [-0.2, 0) is 27.3 Å². The predicted molar refractivity (Wildman–Crippen MR) is 71.1 cm³/mol. The molecule has 6 heteroatoms. The molecular weight excluding hydrogens is 248 g/mol. The van der Waals surface area contributed by atoms with Crippen molar-refractivity contribution in [2.45, 2.75) is 13.0 Å². The number of carbonyl (C=O) groups is 2. The number of carboxylic acid groups (broad SMARTS) is 1. The Morgan fingerprint density at radius 2 is 1.95 bits per heavy atom. The van der Waals surface area contributed by atoms with Crippen LogP contribution in [0.15, 0.2) is 18.2 Å². The lowest BCUT2D eigenvalue weighted by Crippen LogP contribution is -2.22. The third-order valence-corrected chi connectivity index (χ3v) is 2.52. The summed E-state index contributed by atoms with van der Waals surface area (Å²) in [6.07, 6.45) is 0.192. The third-order valence-electron chi connectivity index (χ3n) is 2.52. The molecule has 0 atom stereocenters. The van der Waals surface area contributed by atoms with Gasteiger partial charge in [0.15, 0.2) is 0 Å². The Hall–Kier alpha value is -2.08. The van der Waals surface area contributed by atoms with Crippen molar-refractivity contribution in [1.82, 2.24) is 5.32 Å². The van der Waals surface area contributed by atoms with Gasteiger partial charge in [-0.05, 0) is 23.3 Å². The standard InChI is InChI=1S/C13H18N2O4/c1-14-11-4-9(6-13(18)19-2)3-10(5-11)7-15-8-12(16)17/h3-5,14-15H,6-8H2,1-2H3,(H,16,17). The van der Waals surface area contributed by atoms with E-state index < -0.39 is 5.97 Å². The molecule has 0 radical (unpaired) electrons. The van der Waals surface area contributed by atoms with Gasteiger partial charge in [-0.1, -0.05) is 6.07 Å². The van der Waals surface area contributed by atoms with Gasteiger partial charge in [-0.15, -0.1) is 0 Å². The van der Waals surface area contributed by atoms with E-state index in [1.54, 1.807) is 7.05 Å². The summed E-state index contributed by atoms with van der Waals surface area (Å²) >= 11 is 0. The Labute approximate surface area is 111 Å². The average molecular weight is 266 g/mol. The Morgan fingerprint density at radius 1 is 1.26 bits per heavy atom. The zero-order valence-electron chi connectivity index (χ0n) is 11.0. The molecule has 0 saturated heterocycles. The number of hydrogen-bond acceptors (Lipinski definition) is 5. The number of nitrogens with one attached hydrogen (secondary N) is 2. The molecule has 0 bridgehead atoms. The lowest BCUT2D eigenvalue weighted by atomic mass is 10.1. The minimum absolute atomic E-state index is 0.101. The second kappa shape index (κ2) is 7.38. The minimum Gasteiger partial charge on any atom is -0.480 e. The van der Waals surface area contributed by atoms with E-state index in [9.17, 15) is 9.59 Å². The third kappa shape index (κ3) is 5.39. The maximum Gasteiger partial charge on any atom is 0.317 e.